The van der Waals surface area contributed by atoms with Gasteiger partial charge in [-0.2, -0.15) is 0 Å². The molecular weight excluding hydrogens is 220 g/mol. The lowest BCUT2D eigenvalue weighted by Crippen LogP contribution is -2.49. The van der Waals surface area contributed by atoms with Gasteiger partial charge in [0, 0.05) is 46.2 Å². The molecule has 2 heterocycles. The standard InChI is InChI=1S/C11H20N4O2/c1-12-10(16)3-2-5-14-8-9-7-13-4-6-15(9)11(14)17/h9,13H,2-8H2,1H3,(H,12,16). The highest BCUT2D eigenvalue weighted by Gasteiger charge is 2.37. The van der Waals surface area contributed by atoms with Crippen LogP contribution in [0.5, 0.6) is 0 Å². The van der Waals surface area contributed by atoms with E-state index >= 15 is 0 Å². The predicted octanol–water partition coefficient (Wildman–Crippen LogP) is -0.778. The molecule has 0 aromatic heterocycles. The number of carbonyl (C=O) groups is 2. The van der Waals surface area contributed by atoms with Crippen molar-refractivity contribution in [1.29, 1.82) is 0 Å². The zero-order chi connectivity index (χ0) is 12.3. The molecule has 0 saturated carbocycles. The largest absolute Gasteiger partial charge is 0.359 e. The van der Waals surface area contributed by atoms with E-state index in [0.29, 0.717) is 19.0 Å². The second-order valence-corrected chi connectivity index (χ2v) is 4.56. The third-order valence-electron chi connectivity index (χ3n) is 3.41. The van der Waals surface area contributed by atoms with Crippen molar-refractivity contribution in [3.63, 3.8) is 0 Å². The first-order valence-corrected chi connectivity index (χ1v) is 6.19. The van der Waals surface area contributed by atoms with Crippen molar-refractivity contribution in [1.82, 2.24) is 20.4 Å². The highest BCUT2D eigenvalue weighted by Crippen LogP contribution is 2.17. The van der Waals surface area contributed by atoms with E-state index in [-0.39, 0.29) is 11.9 Å². The summed E-state index contributed by atoms with van der Waals surface area (Å²) in [6, 6.07) is 0.449. The first-order valence-electron chi connectivity index (χ1n) is 6.19. The van der Waals surface area contributed by atoms with Crippen LogP contribution in [0.2, 0.25) is 0 Å². The summed E-state index contributed by atoms with van der Waals surface area (Å²) in [5.74, 6) is 0.0380. The fraction of sp³-hybridized carbons (Fsp3) is 0.818. The fourth-order valence-electron chi connectivity index (χ4n) is 2.43. The zero-order valence-corrected chi connectivity index (χ0v) is 10.2. The molecule has 96 valence electrons. The van der Waals surface area contributed by atoms with Crippen molar-refractivity contribution in [2.24, 2.45) is 0 Å². The number of piperazine rings is 1. The number of amides is 3. The van der Waals surface area contributed by atoms with Crippen molar-refractivity contribution in [3.05, 3.63) is 0 Å². The van der Waals surface area contributed by atoms with E-state index in [1.807, 2.05) is 9.80 Å². The van der Waals surface area contributed by atoms with Crippen LogP contribution in [0.4, 0.5) is 4.79 Å². The smallest absolute Gasteiger partial charge is 0.320 e. The molecule has 1 atom stereocenters. The number of rotatable bonds is 4. The van der Waals surface area contributed by atoms with Gasteiger partial charge in [0.1, 0.15) is 0 Å². The summed E-state index contributed by atoms with van der Waals surface area (Å²) in [5.41, 5.74) is 0. The predicted molar refractivity (Wildman–Crippen MR) is 63.6 cm³/mol. The molecule has 2 N–H and O–H groups in total. The average Bonchev–Trinajstić information content (AvgIpc) is 2.67. The first-order chi connectivity index (χ1) is 8.22. The molecule has 2 aliphatic heterocycles. The second-order valence-electron chi connectivity index (χ2n) is 4.56. The van der Waals surface area contributed by atoms with Crippen LogP contribution >= 0.6 is 0 Å². The van der Waals surface area contributed by atoms with Gasteiger partial charge in [0.25, 0.3) is 0 Å². The van der Waals surface area contributed by atoms with Crippen molar-refractivity contribution < 1.29 is 9.59 Å². The average molecular weight is 240 g/mol. The highest BCUT2D eigenvalue weighted by molar-refractivity contribution is 5.78. The summed E-state index contributed by atoms with van der Waals surface area (Å²) in [5, 5.41) is 5.88. The number of fused-ring (bicyclic) bond motifs is 1. The van der Waals surface area contributed by atoms with Crippen molar-refractivity contribution in [2.45, 2.75) is 18.9 Å². The molecule has 3 amide bonds. The molecule has 2 aliphatic rings. The minimum absolute atomic E-state index is 0.0380. The van der Waals surface area contributed by atoms with Crippen LogP contribution in [0.25, 0.3) is 0 Å². The molecule has 0 aliphatic carbocycles. The summed E-state index contributed by atoms with van der Waals surface area (Å²) in [6.45, 7) is 4.04. The van der Waals surface area contributed by atoms with Gasteiger partial charge in [0.05, 0.1) is 6.04 Å². The van der Waals surface area contributed by atoms with Crippen LogP contribution in [0.1, 0.15) is 12.8 Å². The summed E-state index contributed by atoms with van der Waals surface area (Å²) >= 11 is 0. The molecule has 17 heavy (non-hydrogen) atoms. The molecule has 2 saturated heterocycles. The van der Waals surface area contributed by atoms with E-state index in [1.54, 1.807) is 7.05 Å². The molecule has 6 heteroatoms. The fourth-order valence-corrected chi connectivity index (χ4v) is 2.43. The Morgan fingerprint density at radius 3 is 3.12 bits per heavy atom. The lowest BCUT2D eigenvalue weighted by Gasteiger charge is -2.28. The van der Waals surface area contributed by atoms with Gasteiger partial charge in [-0.25, -0.2) is 4.79 Å². The van der Waals surface area contributed by atoms with Crippen molar-refractivity contribution >= 4 is 11.9 Å². The van der Waals surface area contributed by atoms with E-state index in [1.165, 1.54) is 0 Å². The Balaban J connectivity index is 1.78. The van der Waals surface area contributed by atoms with Crippen LogP contribution in [-0.4, -0.2) is 67.6 Å². The monoisotopic (exact) mass is 240 g/mol. The minimum atomic E-state index is 0.0380. The van der Waals surface area contributed by atoms with E-state index in [2.05, 4.69) is 10.6 Å². The Kier molecular flexibility index (Phi) is 3.83. The topological polar surface area (TPSA) is 64.7 Å². The van der Waals surface area contributed by atoms with Crippen LogP contribution < -0.4 is 10.6 Å². The van der Waals surface area contributed by atoms with Crippen LogP contribution in [0.15, 0.2) is 0 Å². The van der Waals surface area contributed by atoms with E-state index in [9.17, 15) is 9.59 Å². The van der Waals surface area contributed by atoms with Crippen molar-refractivity contribution in [3.8, 4) is 0 Å². The maximum Gasteiger partial charge on any atom is 0.320 e. The third kappa shape index (κ3) is 2.69. The SMILES string of the molecule is CNC(=O)CCCN1CC2CNCCN2C1=O. The molecule has 0 aromatic rings. The molecule has 6 nitrogen and oxygen atoms in total. The number of nitrogens with zero attached hydrogens (tertiary/aromatic N) is 2. The Labute approximate surface area is 101 Å². The molecule has 0 bridgehead atoms. The number of urea groups is 1. The molecule has 2 rings (SSSR count). The molecule has 0 radical (unpaired) electrons. The van der Waals surface area contributed by atoms with Gasteiger partial charge < -0.3 is 20.4 Å². The number of hydrogen-bond acceptors (Lipinski definition) is 3. The Hall–Kier alpha value is -1.30. The van der Waals surface area contributed by atoms with Gasteiger partial charge in [0.2, 0.25) is 5.91 Å². The highest BCUT2D eigenvalue weighted by atomic mass is 16.2. The molecule has 0 spiro atoms. The van der Waals surface area contributed by atoms with E-state index < -0.39 is 0 Å². The lowest BCUT2D eigenvalue weighted by molar-refractivity contribution is -0.120. The van der Waals surface area contributed by atoms with E-state index in [4.69, 9.17) is 0 Å². The number of hydrogen-bond donors (Lipinski definition) is 2. The van der Waals surface area contributed by atoms with Crippen LogP contribution in [0, 0.1) is 0 Å². The summed E-state index contributed by atoms with van der Waals surface area (Å²) < 4.78 is 0. The first kappa shape index (κ1) is 12.2. The summed E-state index contributed by atoms with van der Waals surface area (Å²) in [6.07, 6.45) is 1.22. The van der Waals surface area contributed by atoms with Crippen LogP contribution in [-0.2, 0) is 4.79 Å². The molecule has 2 fully saturated rings. The molecule has 1 unspecified atom stereocenters. The quantitative estimate of drug-likeness (QED) is 0.677. The maximum absolute atomic E-state index is 12.0. The Morgan fingerprint density at radius 1 is 1.59 bits per heavy atom. The van der Waals surface area contributed by atoms with Crippen molar-refractivity contribution in [2.75, 3.05) is 39.8 Å². The number of nitrogens with one attached hydrogen (secondary N) is 2. The van der Waals surface area contributed by atoms with Gasteiger partial charge in [0.15, 0.2) is 0 Å². The third-order valence-corrected chi connectivity index (χ3v) is 3.41. The normalized spacial score (nSPS) is 23.8. The maximum atomic E-state index is 12.0. The van der Waals surface area contributed by atoms with Gasteiger partial charge in [-0.15, -0.1) is 0 Å². The Morgan fingerprint density at radius 2 is 2.41 bits per heavy atom. The number of carbonyl (C=O) groups excluding carboxylic acids is 2. The zero-order valence-electron chi connectivity index (χ0n) is 10.2. The summed E-state index contributed by atoms with van der Waals surface area (Å²) in [7, 11) is 1.63. The van der Waals surface area contributed by atoms with Gasteiger partial charge in [-0.3, -0.25) is 4.79 Å². The Bertz CT molecular complexity index is 308. The van der Waals surface area contributed by atoms with Crippen LogP contribution in [0.3, 0.4) is 0 Å². The van der Waals surface area contributed by atoms with E-state index in [0.717, 1.165) is 32.6 Å². The van der Waals surface area contributed by atoms with Gasteiger partial charge in [-0.1, -0.05) is 0 Å². The lowest BCUT2D eigenvalue weighted by atomic mass is 10.2. The summed E-state index contributed by atoms with van der Waals surface area (Å²) in [4.78, 5) is 26.9. The second kappa shape index (κ2) is 5.35. The molecule has 0 aromatic carbocycles. The minimum Gasteiger partial charge on any atom is -0.359 e. The van der Waals surface area contributed by atoms with Gasteiger partial charge in [-0.05, 0) is 6.42 Å². The van der Waals surface area contributed by atoms with Gasteiger partial charge >= 0.3 is 6.03 Å². The molecular formula is C11H20N4O2.